The van der Waals surface area contributed by atoms with Crippen LogP contribution in [-0.2, 0) is 16.1 Å². The predicted molar refractivity (Wildman–Crippen MR) is 114 cm³/mol. The number of benzene rings is 1. The molecule has 1 amide bonds. The molecule has 3 rings (SSSR count). The van der Waals surface area contributed by atoms with Gasteiger partial charge in [0.25, 0.3) is 0 Å². The molecule has 1 N–H and O–H groups in total. The summed E-state index contributed by atoms with van der Waals surface area (Å²) < 4.78 is 7.51. The number of hydrogen-bond donors (Lipinski definition) is 1. The first kappa shape index (κ1) is 21.3. The van der Waals surface area contributed by atoms with Crippen molar-refractivity contribution >= 4 is 35.1 Å². The molecule has 156 valence electrons. The van der Waals surface area contributed by atoms with Crippen LogP contribution < -0.4 is 10.2 Å². The van der Waals surface area contributed by atoms with Gasteiger partial charge < -0.3 is 15.0 Å². The van der Waals surface area contributed by atoms with E-state index in [9.17, 15) is 9.59 Å². The Bertz CT molecular complexity index is 862. The maximum absolute atomic E-state index is 12.5. The lowest BCUT2D eigenvalue weighted by Gasteiger charge is -2.28. The van der Waals surface area contributed by atoms with Gasteiger partial charge in [0.2, 0.25) is 11.9 Å². The van der Waals surface area contributed by atoms with Gasteiger partial charge in [0, 0.05) is 25.2 Å². The Hall–Kier alpha value is -2.39. The van der Waals surface area contributed by atoms with E-state index in [1.54, 1.807) is 24.3 Å². The summed E-state index contributed by atoms with van der Waals surface area (Å²) in [5, 5.41) is 12.3. The van der Waals surface area contributed by atoms with Crippen LogP contribution in [0.15, 0.2) is 29.4 Å². The van der Waals surface area contributed by atoms with E-state index in [-0.39, 0.29) is 17.4 Å². The standard InChI is InChI=1S/C20H27N5O3S/c1-14(2)12-25-19(24-8-10-28-11-9-24)22-23-20(25)29-13-18(27)21-17-7-5-4-6-16(17)15(3)26/h4-7,14H,8-13H2,1-3H3,(H,21,27). The fourth-order valence-corrected chi connectivity index (χ4v) is 3.87. The molecule has 0 spiro atoms. The first-order valence-corrected chi connectivity index (χ1v) is 10.7. The number of ether oxygens (including phenoxy) is 1. The zero-order valence-corrected chi connectivity index (χ0v) is 17.9. The third kappa shape index (κ3) is 5.57. The zero-order chi connectivity index (χ0) is 20.8. The Morgan fingerprint density at radius 1 is 1.21 bits per heavy atom. The molecule has 29 heavy (non-hydrogen) atoms. The number of rotatable bonds is 8. The van der Waals surface area contributed by atoms with Crippen LogP contribution in [0.25, 0.3) is 0 Å². The van der Waals surface area contributed by atoms with Crippen molar-refractivity contribution in [1.82, 2.24) is 14.8 Å². The molecular formula is C20H27N5O3S. The van der Waals surface area contributed by atoms with Crippen LogP contribution in [0, 0.1) is 5.92 Å². The number of Topliss-reactive ketones (excluding diaryl/α,β-unsaturated/α-hetero) is 1. The van der Waals surface area contributed by atoms with Crippen molar-refractivity contribution in [2.75, 3.05) is 42.3 Å². The minimum Gasteiger partial charge on any atom is -0.378 e. The third-order valence-corrected chi connectivity index (χ3v) is 5.42. The van der Waals surface area contributed by atoms with Gasteiger partial charge in [0.1, 0.15) is 0 Å². The molecule has 1 fully saturated rings. The average Bonchev–Trinajstić information content (AvgIpc) is 3.09. The first-order valence-electron chi connectivity index (χ1n) is 9.74. The first-order chi connectivity index (χ1) is 14.0. The molecule has 0 aliphatic carbocycles. The number of amides is 1. The summed E-state index contributed by atoms with van der Waals surface area (Å²) in [4.78, 5) is 26.4. The summed E-state index contributed by atoms with van der Waals surface area (Å²) in [6, 6.07) is 7.02. The number of morpholine rings is 1. The minimum atomic E-state index is -0.185. The molecule has 9 heteroatoms. The zero-order valence-electron chi connectivity index (χ0n) is 17.1. The molecule has 2 aromatic rings. The second-order valence-electron chi connectivity index (χ2n) is 7.33. The molecule has 8 nitrogen and oxygen atoms in total. The highest BCUT2D eigenvalue weighted by atomic mass is 32.2. The van der Waals surface area contributed by atoms with Crippen molar-refractivity contribution in [1.29, 1.82) is 0 Å². The fraction of sp³-hybridized carbons (Fsp3) is 0.500. The van der Waals surface area contributed by atoms with Gasteiger partial charge in [-0.3, -0.25) is 14.2 Å². The summed E-state index contributed by atoms with van der Waals surface area (Å²) in [7, 11) is 0. The Balaban J connectivity index is 1.69. The second-order valence-corrected chi connectivity index (χ2v) is 8.27. The molecular weight excluding hydrogens is 390 g/mol. The summed E-state index contributed by atoms with van der Waals surface area (Å²) in [6.07, 6.45) is 0. The molecule has 1 aromatic carbocycles. The Morgan fingerprint density at radius 3 is 2.62 bits per heavy atom. The van der Waals surface area contributed by atoms with Crippen LogP contribution >= 0.6 is 11.8 Å². The molecule has 1 saturated heterocycles. The number of anilines is 2. The number of ketones is 1. The van der Waals surface area contributed by atoms with Crippen molar-refractivity contribution in [3.05, 3.63) is 29.8 Å². The van der Waals surface area contributed by atoms with E-state index in [2.05, 4.69) is 38.8 Å². The van der Waals surface area contributed by atoms with E-state index >= 15 is 0 Å². The van der Waals surface area contributed by atoms with Gasteiger partial charge in [-0.05, 0) is 25.0 Å². The molecule has 0 atom stereocenters. The van der Waals surface area contributed by atoms with Crippen molar-refractivity contribution < 1.29 is 14.3 Å². The molecule has 0 radical (unpaired) electrons. The maximum Gasteiger partial charge on any atom is 0.234 e. The Labute approximate surface area is 175 Å². The van der Waals surface area contributed by atoms with E-state index in [0.717, 1.165) is 30.7 Å². The lowest BCUT2D eigenvalue weighted by Crippen LogP contribution is -2.38. The lowest BCUT2D eigenvalue weighted by atomic mass is 10.1. The third-order valence-electron chi connectivity index (χ3n) is 4.45. The molecule has 1 aliphatic rings. The van der Waals surface area contributed by atoms with Gasteiger partial charge in [-0.25, -0.2) is 0 Å². The summed E-state index contributed by atoms with van der Waals surface area (Å²) in [5.74, 6) is 1.16. The number of thioether (sulfide) groups is 1. The number of aromatic nitrogens is 3. The largest absolute Gasteiger partial charge is 0.378 e. The normalized spacial score (nSPS) is 14.3. The van der Waals surface area contributed by atoms with E-state index in [0.29, 0.717) is 30.4 Å². The van der Waals surface area contributed by atoms with Crippen molar-refractivity contribution in [3.8, 4) is 0 Å². The van der Waals surface area contributed by atoms with Crippen LogP contribution in [0.4, 0.5) is 11.6 Å². The topological polar surface area (TPSA) is 89.3 Å². The number of carbonyl (C=O) groups excluding carboxylic acids is 2. The monoisotopic (exact) mass is 417 g/mol. The van der Waals surface area contributed by atoms with Crippen LogP contribution in [0.5, 0.6) is 0 Å². The molecule has 0 saturated carbocycles. The highest BCUT2D eigenvalue weighted by molar-refractivity contribution is 7.99. The van der Waals surface area contributed by atoms with E-state index < -0.39 is 0 Å². The molecule has 2 heterocycles. The van der Waals surface area contributed by atoms with Gasteiger partial charge in [-0.15, -0.1) is 10.2 Å². The molecule has 1 aliphatic heterocycles. The SMILES string of the molecule is CC(=O)c1ccccc1NC(=O)CSc1nnc(N2CCOCC2)n1CC(C)C. The molecule has 1 aromatic heterocycles. The van der Waals surface area contributed by atoms with Crippen LogP contribution in [0.2, 0.25) is 0 Å². The lowest BCUT2D eigenvalue weighted by molar-refractivity contribution is -0.113. The van der Waals surface area contributed by atoms with Crippen molar-refractivity contribution in [3.63, 3.8) is 0 Å². The number of nitrogens with one attached hydrogen (secondary N) is 1. The number of nitrogens with zero attached hydrogens (tertiary/aromatic N) is 4. The van der Waals surface area contributed by atoms with Gasteiger partial charge in [0.05, 0.1) is 24.7 Å². The Kier molecular flexibility index (Phi) is 7.27. The smallest absolute Gasteiger partial charge is 0.234 e. The highest BCUT2D eigenvalue weighted by Gasteiger charge is 2.22. The molecule has 0 unspecified atom stereocenters. The minimum absolute atomic E-state index is 0.0830. The van der Waals surface area contributed by atoms with Crippen molar-refractivity contribution in [2.24, 2.45) is 5.92 Å². The average molecular weight is 418 g/mol. The van der Waals surface area contributed by atoms with Gasteiger partial charge >= 0.3 is 0 Å². The van der Waals surface area contributed by atoms with Gasteiger partial charge in [-0.1, -0.05) is 37.7 Å². The van der Waals surface area contributed by atoms with Gasteiger partial charge in [0.15, 0.2) is 10.9 Å². The number of carbonyl (C=O) groups is 2. The summed E-state index contributed by atoms with van der Waals surface area (Å²) in [6.45, 7) is 9.46. The van der Waals surface area contributed by atoms with E-state index in [4.69, 9.17) is 4.74 Å². The molecule has 0 bridgehead atoms. The van der Waals surface area contributed by atoms with Crippen LogP contribution in [0.1, 0.15) is 31.1 Å². The summed E-state index contributed by atoms with van der Waals surface area (Å²) in [5.41, 5.74) is 1.03. The quantitative estimate of drug-likeness (QED) is 0.522. The predicted octanol–water partition coefficient (Wildman–Crippen LogP) is 2.70. The van der Waals surface area contributed by atoms with E-state index in [1.165, 1.54) is 18.7 Å². The highest BCUT2D eigenvalue weighted by Crippen LogP contribution is 2.24. The fourth-order valence-electron chi connectivity index (χ4n) is 3.13. The van der Waals surface area contributed by atoms with Crippen LogP contribution in [0.3, 0.4) is 0 Å². The second kappa shape index (κ2) is 9.89. The Morgan fingerprint density at radius 2 is 1.93 bits per heavy atom. The summed E-state index contributed by atoms with van der Waals surface area (Å²) >= 11 is 1.35. The maximum atomic E-state index is 12.5. The number of hydrogen-bond acceptors (Lipinski definition) is 7. The van der Waals surface area contributed by atoms with Gasteiger partial charge in [-0.2, -0.15) is 0 Å². The van der Waals surface area contributed by atoms with E-state index in [1.807, 2.05) is 0 Å². The van der Waals surface area contributed by atoms with Crippen LogP contribution in [-0.4, -0.2) is 58.5 Å². The number of para-hydroxylation sites is 1. The van der Waals surface area contributed by atoms with Crippen molar-refractivity contribution in [2.45, 2.75) is 32.5 Å².